The summed E-state index contributed by atoms with van der Waals surface area (Å²) in [6, 6.07) is 5.14. The van der Waals surface area contributed by atoms with Crippen LogP contribution in [0.4, 0.5) is 4.39 Å². The van der Waals surface area contributed by atoms with Crippen molar-refractivity contribution in [3.05, 3.63) is 46.9 Å². The molecule has 0 radical (unpaired) electrons. The first-order valence-electron chi connectivity index (χ1n) is 7.19. The predicted octanol–water partition coefficient (Wildman–Crippen LogP) is 2.65. The molecule has 1 amide bonds. The van der Waals surface area contributed by atoms with E-state index in [2.05, 4.69) is 4.99 Å². The number of hydrogen-bond acceptors (Lipinski definition) is 5. The molecule has 0 aromatic heterocycles. The zero-order valence-corrected chi connectivity index (χ0v) is 13.5. The van der Waals surface area contributed by atoms with E-state index in [9.17, 15) is 14.0 Å². The van der Waals surface area contributed by atoms with E-state index in [0.29, 0.717) is 22.0 Å². The van der Waals surface area contributed by atoms with Gasteiger partial charge in [-0.3, -0.25) is 9.69 Å². The van der Waals surface area contributed by atoms with Gasteiger partial charge in [0.25, 0.3) is 0 Å². The fourth-order valence-corrected chi connectivity index (χ4v) is 3.61. The molecule has 120 valence electrons. The van der Waals surface area contributed by atoms with Crippen LogP contribution in [0.25, 0.3) is 0 Å². The number of halogens is 1. The SMILES string of the molecule is CCOC(=O)C1=C(C)N=C2SCC(=O)N2[C@@H]1c1ccc(F)cc1. The van der Waals surface area contributed by atoms with Gasteiger partial charge in [0.15, 0.2) is 5.17 Å². The Bertz CT molecular complexity index is 727. The summed E-state index contributed by atoms with van der Waals surface area (Å²) >= 11 is 1.33. The first-order valence-corrected chi connectivity index (χ1v) is 8.18. The summed E-state index contributed by atoms with van der Waals surface area (Å²) in [5.74, 6) is -0.733. The zero-order valence-electron chi connectivity index (χ0n) is 12.7. The lowest BCUT2D eigenvalue weighted by Crippen LogP contribution is -2.39. The second-order valence-corrected chi connectivity index (χ2v) is 6.06. The molecule has 2 aliphatic heterocycles. The number of esters is 1. The Labute approximate surface area is 137 Å². The Morgan fingerprint density at radius 3 is 2.78 bits per heavy atom. The molecule has 1 aromatic rings. The highest BCUT2D eigenvalue weighted by Gasteiger charge is 2.43. The number of carbonyl (C=O) groups is 2. The monoisotopic (exact) mass is 334 g/mol. The lowest BCUT2D eigenvalue weighted by Gasteiger charge is -2.32. The first kappa shape index (κ1) is 15.7. The molecule has 3 rings (SSSR count). The van der Waals surface area contributed by atoms with Crippen LogP contribution in [0.2, 0.25) is 0 Å². The number of carbonyl (C=O) groups excluding carboxylic acids is 2. The van der Waals surface area contributed by atoms with Crippen molar-refractivity contribution in [3.63, 3.8) is 0 Å². The third kappa shape index (κ3) is 2.76. The van der Waals surface area contributed by atoms with Gasteiger partial charge >= 0.3 is 5.97 Å². The van der Waals surface area contributed by atoms with E-state index >= 15 is 0 Å². The summed E-state index contributed by atoms with van der Waals surface area (Å²) in [6.45, 7) is 3.66. The summed E-state index contributed by atoms with van der Waals surface area (Å²) in [5.41, 5.74) is 1.49. The van der Waals surface area contributed by atoms with Crippen molar-refractivity contribution >= 4 is 28.8 Å². The number of thioether (sulfide) groups is 1. The van der Waals surface area contributed by atoms with Gasteiger partial charge in [0.2, 0.25) is 5.91 Å². The molecule has 0 saturated carbocycles. The van der Waals surface area contributed by atoms with Gasteiger partial charge in [-0.1, -0.05) is 23.9 Å². The van der Waals surface area contributed by atoms with Gasteiger partial charge in [-0.2, -0.15) is 0 Å². The minimum absolute atomic E-state index is 0.127. The second kappa shape index (κ2) is 6.16. The number of rotatable bonds is 3. The number of aliphatic imine (C=N–C) groups is 1. The van der Waals surface area contributed by atoms with Crippen LogP contribution in [-0.4, -0.2) is 34.3 Å². The molecule has 2 aliphatic rings. The van der Waals surface area contributed by atoms with Crippen LogP contribution in [0, 0.1) is 5.82 Å². The number of hydrogen-bond donors (Lipinski definition) is 0. The van der Waals surface area contributed by atoms with Crippen LogP contribution in [0.15, 0.2) is 40.5 Å². The molecule has 0 unspecified atom stereocenters. The Hall–Kier alpha value is -2.15. The topological polar surface area (TPSA) is 59.0 Å². The molecule has 5 nitrogen and oxygen atoms in total. The van der Waals surface area contributed by atoms with E-state index in [0.717, 1.165) is 0 Å². The Balaban J connectivity index is 2.13. The summed E-state index contributed by atoms with van der Waals surface area (Å²) in [7, 11) is 0. The minimum atomic E-state index is -0.635. The average Bonchev–Trinajstić information content (AvgIpc) is 2.88. The lowest BCUT2D eigenvalue weighted by atomic mass is 9.94. The zero-order chi connectivity index (χ0) is 16.6. The van der Waals surface area contributed by atoms with Gasteiger partial charge in [0.1, 0.15) is 5.82 Å². The Morgan fingerprint density at radius 2 is 2.13 bits per heavy atom. The molecular formula is C16H15FN2O3S. The summed E-state index contributed by atoms with van der Waals surface area (Å²) in [4.78, 5) is 30.5. The predicted molar refractivity (Wildman–Crippen MR) is 85.2 cm³/mol. The van der Waals surface area contributed by atoms with Crippen molar-refractivity contribution in [2.45, 2.75) is 19.9 Å². The van der Waals surface area contributed by atoms with Crippen molar-refractivity contribution in [3.8, 4) is 0 Å². The van der Waals surface area contributed by atoms with E-state index in [1.807, 2.05) is 0 Å². The van der Waals surface area contributed by atoms with Gasteiger partial charge in [-0.25, -0.2) is 14.2 Å². The van der Waals surface area contributed by atoms with Crippen molar-refractivity contribution in [1.82, 2.24) is 4.90 Å². The molecule has 23 heavy (non-hydrogen) atoms. The van der Waals surface area contributed by atoms with Gasteiger partial charge in [0.05, 0.1) is 29.7 Å². The average molecular weight is 334 g/mol. The van der Waals surface area contributed by atoms with Crippen LogP contribution >= 0.6 is 11.8 Å². The van der Waals surface area contributed by atoms with Crippen LogP contribution in [0.5, 0.6) is 0 Å². The van der Waals surface area contributed by atoms with Crippen LogP contribution in [0.1, 0.15) is 25.5 Å². The normalized spacial score (nSPS) is 20.5. The molecule has 0 aliphatic carbocycles. The highest BCUT2D eigenvalue weighted by atomic mass is 32.2. The fourth-order valence-electron chi connectivity index (χ4n) is 2.67. The molecule has 1 saturated heterocycles. The van der Waals surface area contributed by atoms with Gasteiger partial charge in [-0.15, -0.1) is 0 Å². The number of ether oxygens (including phenoxy) is 1. The summed E-state index contributed by atoms with van der Waals surface area (Å²) in [5, 5.41) is 0.565. The van der Waals surface area contributed by atoms with Crippen LogP contribution in [-0.2, 0) is 14.3 Å². The van der Waals surface area contributed by atoms with Gasteiger partial charge < -0.3 is 4.74 Å². The number of fused-ring (bicyclic) bond motifs is 1. The van der Waals surface area contributed by atoms with E-state index in [1.165, 1.54) is 28.8 Å². The van der Waals surface area contributed by atoms with Gasteiger partial charge in [-0.05, 0) is 31.5 Å². The third-order valence-electron chi connectivity index (χ3n) is 3.67. The smallest absolute Gasteiger partial charge is 0.338 e. The Morgan fingerprint density at radius 1 is 1.43 bits per heavy atom. The van der Waals surface area contributed by atoms with Crippen molar-refractivity contribution < 1.29 is 18.7 Å². The number of nitrogens with zero attached hydrogens (tertiary/aromatic N) is 2. The molecular weight excluding hydrogens is 319 g/mol. The van der Waals surface area contributed by atoms with Crippen molar-refractivity contribution in [2.24, 2.45) is 4.99 Å². The molecule has 1 fully saturated rings. The quantitative estimate of drug-likeness (QED) is 0.798. The van der Waals surface area contributed by atoms with Crippen molar-refractivity contribution in [2.75, 3.05) is 12.4 Å². The maximum absolute atomic E-state index is 13.2. The lowest BCUT2D eigenvalue weighted by molar-refractivity contribution is -0.139. The van der Waals surface area contributed by atoms with E-state index < -0.39 is 12.0 Å². The first-order chi connectivity index (χ1) is 11.0. The standard InChI is InChI=1S/C16H15FN2O3S/c1-3-22-15(21)13-9(2)18-16-19(12(20)8-23-16)14(13)10-4-6-11(17)7-5-10/h4-7,14H,3,8H2,1-2H3/t14-/m1/s1. The highest BCUT2D eigenvalue weighted by Crippen LogP contribution is 2.40. The molecule has 1 atom stereocenters. The molecule has 0 N–H and O–H groups in total. The number of amidine groups is 1. The maximum Gasteiger partial charge on any atom is 0.338 e. The molecule has 0 bridgehead atoms. The summed E-state index contributed by atoms with van der Waals surface area (Å²) in [6.07, 6.45) is 0. The minimum Gasteiger partial charge on any atom is -0.463 e. The van der Waals surface area contributed by atoms with Crippen LogP contribution in [0.3, 0.4) is 0 Å². The highest BCUT2D eigenvalue weighted by molar-refractivity contribution is 8.15. The van der Waals surface area contributed by atoms with Crippen LogP contribution < -0.4 is 0 Å². The summed E-state index contributed by atoms with van der Waals surface area (Å²) < 4.78 is 18.4. The maximum atomic E-state index is 13.2. The molecule has 2 heterocycles. The second-order valence-electron chi connectivity index (χ2n) is 5.12. The van der Waals surface area contributed by atoms with E-state index in [4.69, 9.17) is 4.74 Å². The molecule has 0 spiro atoms. The van der Waals surface area contributed by atoms with E-state index in [-0.39, 0.29) is 24.1 Å². The van der Waals surface area contributed by atoms with Gasteiger partial charge in [0, 0.05) is 0 Å². The number of amides is 1. The fraction of sp³-hybridized carbons (Fsp3) is 0.312. The number of allylic oxidation sites excluding steroid dienone is 1. The number of benzene rings is 1. The Kier molecular flexibility index (Phi) is 4.21. The molecule has 7 heteroatoms. The molecule has 1 aromatic carbocycles. The largest absolute Gasteiger partial charge is 0.463 e. The third-order valence-corrected chi connectivity index (χ3v) is 4.60. The van der Waals surface area contributed by atoms with Crippen molar-refractivity contribution in [1.29, 1.82) is 0 Å². The van der Waals surface area contributed by atoms with E-state index in [1.54, 1.807) is 26.0 Å².